The van der Waals surface area contributed by atoms with Crippen LogP contribution >= 0.6 is 0 Å². The Kier molecular flexibility index (Phi) is 8.47. The van der Waals surface area contributed by atoms with Crippen molar-refractivity contribution in [3.8, 4) is 0 Å². The monoisotopic (exact) mass is 281 g/mol. The van der Waals surface area contributed by atoms with Crippen molar-refractivity contribution < 1.29 is 9.13 Å². The second-order valence-corrected chi connectivity index (χ2v) is 5.71. The van der Waals surface area contributed by atoms with Gasteiger partial charge in [-0.05, 0) is 48.9 Å². The summed E-state index contributed by atoms with van der Waals surface area (Å²) in [6.07, 6.45) is 2.09. The van der Waals surface area contributed by atoms with Crippen molar-refractivity contribution in [1.29, 1.82) is 0 Å². The third kappa shape index (κ3) is 7.01. The van der Waals surface area contributed by atoms with Crippen LogP contribution in [0.5, 0.6) is 0 Å². The summed E-state index contributed by atoms with van der Waals surface area (Å²) in [5.41, 5.74) is 1.18. The first-order chi connectivity index (χ1) is 9.63. The minimum absolute atomic E-state index is 0.176. The maximum Gasteiger partial charge on any atom is 0.123 e. The normalized spacial score (nSPS) is 12.8. The van der Waals surface area contributed by atoms with Gasteiger partial charge in [0.2, 0.25) is 0 Å². The van der Waals surface area contributed by atoms with Crippen molar-refractivity contribution in [2.24, 2.45) is 5.92 Å². The topological polar surface area (TPSA) is 21.3 Å². The smallest absolute Gasteiger partial charge is 0.123 e. The highest BCUT2D eigenvalue weighted by Gasteiger charge is 2.11. The first-order valence-electron chi connectivity index (χ1n) is 7.67. The molecule has 0 spiro atoms. The zero-order valence-electron chi connectivity index (χ0n) is 13.0. The standard InChI is InChI=1S/C17H28FNO/c1-4-10-19-12-16(9-11-20-13-14(2)3)15-5-7-17(18)8-6-15/h5-8,14,16,19H,4,9-13H2,1-3H3. The zero-order valence-corrected chi connectivity index (χ0v) is 13.0. The molecule has 1 aromatic rings. The van der Waals surface area contributed by atoms with Crippen molar-refractivity contribution in [2.45, 2.75) is 39.5 Å². The van der Waals surface area contributed by atoms with Gasteiger partial charge in [-0.2, -0.15) is 0 Å². The Balaban J connectivity index is 2.48. The lowest BCUT2D eigenvalue weighted by atomic mass is 9.96. The van der Waals surface area contributed by atoms with E-state index in [0.717, 1.165) is 39.1 Å². The minimum Gasteiger partial charge on any atom is -0.381 e. The highest BCUT2D eigenvalue weighted by Crippen LogP contribution is 2.19. The van der Waals surface area contributed by atoms with Gasteiger partial charge in [0.15, 0.2) is 0 Å². The minimum atomic E-state index is -0.176. The fourth-order valence-electron chi connectivity index (χ4n) is 2.12. The van der Waals surface area contributed by atoms with Gasteiger partial charge in [0.25, 0.3) is 0 Å². The lowest BCUT2D eigenvalue weighted by Gasteiger charge is -2.18. The van der Waals surface area contributed by atoms with E-state index in [2.05, 4.69) is 26.1 Å². The summed E-state index contributed by atoms with van der Waals surface area (Å²) in [4.78, 5) is 0. The molecule has 1 atom stereocenters. The Morgan fingerprint density at radius 3 is 2.50 bits per heavy atom. The molecular formula is C17H28FNO. The molecule has 0 aliphatic rings. The Morgan fingerprint density at radius 2 is 1.90 bits per heavy atom. The molecule has 0 aliphatic carbocycles. The van der Waals surface area contributed by atoms with Crippen LogP contribution in [0.4, 0.5) is 4.39 Å². The summed E-state index contributed by atoms with van der Waals surface area (Å²) >= 11 is 0. The van der Waals surface area contributed by atoms with E-state index in [1.54, 1.807) is 0 Å². The molecule has 0 bridgehead atoms. The largest absolute Gasteiger partial charge is 0.381 e. The third-order valence-electron chi connectivity index (χ3n) is 3.22. The average Bonchev–Trinajstić information content (AvgIpc) is 2.42. The molecule has 1 rings (SSSR count). The molecule has 0 radical (unpaired) electrons. The van der Waals surface area contributed by atoms with E-state index < -0.39 is 0 Å². The second kappa shape index (κ2) is 9.89. The number of hydrogen-bond acceptors (Lipinski definition) is 2. The van der Waals surface area contributed by atoms with Crippen molar-refractivity contribution in [2.75, 3.05) is 26.3 Å². The number of nitrogens with one attached hydrogen (secondary N) is 1. The van der Waals surface area contributed by atoms with Gasteiger partial charge in [-0.25, -0.2) is 4.39 Å². The van der Waals surface area contributed by atoms with Gasteiger partial charge in [-0.1, -0.05) is 32.9 Å². The number of halogens is 1. The van der Waals surface area contributed by atoms with Crippen molar-refractivity contribution in [3.63, 3.8) is 0 Å². The fourth-order valence-corrected chi connectivity index (χ4v) is 2.12. The van der Waals surface area contributed by atoms with Crippen LogP contribution in [0.1, 0.15) is 45.1 Å². The molecule has 0 saturated heterocycles. The highest BCUT2D eigenvalue weighted by molar-refractivity contribution is 5.20. The van der Waals surface area contributed by atoms with Gasteiger partial charge >= 0.3 is 0 Å². The highest BCUT2D eigenvalue weighted by atomic mass is 19.1. The molecule has 114 valence electrons. The molecule has 0 aromatic heterocycles. The number of hydrogen-bond donors (Lipinski definition) is 1. The van der Waals surface area contributed by atoms with E-state index in [4.69, 9.17) is 4.74 Å². The molecular weight excluding hydrogens is 253 g/mol. The van der Waals surface area contributed by atoms with Crippen LogP contribution in [-0.2, 0) is 4.74 Å². The molecule has 0 fully saturated rings. The van der Waals surface area contributed by atoms with Crippen LogP contribution in [0, 0.1) is 11.7 Å². The molecule has 20 heavy (non-hydrogen) atoms. The van der Waals surface area contributed by atoms with Gasteiger partial charge in [-0.3, -0.25) is 0 Å². The predicted molar refractivity (Wildman–Crippen MR) is 82.6 cm³/mol. The van der Waals surface area contributed by atoms with Gasteiger partial charge in [-0.15, -0.1) is 0 Å². The third-order valence-corrected chi connectivity index (χ3v) is 3.22. The Morgan fingerprint density at radius 1 is 1.20 bits per heavy atom. The van der Waals surface area contributed by atoms with Crippen LogP contribution < -0.4 is 5.32 Å². The maximum absolute atomic E-state index is 13.0. The first kappa shape index (κ1) is 17.1. The van der Waals surface area contributed by atoms with Gasteiger partial charge < -0.3 is 10.1 Å². The maximum atomic E-state index is 13.0. The van der Waals surface area contributed by atoms with E-state index in [0.29, 0.717) is 11.8 Å². The van der Waals surface area contributed by atoms with Gasteiger partial charge in [0.1, 0.15) is 5.82 Å². The predicted octanol–water partition coefficient (Wildman–Crippen LogP) is 3.97. The lowest BCUT2D eigenvalue weighted by molar-refractivity contribution is 0.103. The average molecular weight is 281 g/mol. The zero-order chi connectivity index (χ0) is 14.8. The van der Waals surface area contributed by atoms with E-state index in [1.807, 2.05) is 12.1 Å². The molecule has 1 aromatic carbocycles. The summed E-state index contributed by atoms with van der Waals surface area (Å²) in [5, 5.41) is 3.45. The van der Waals surface area contributed by atoms with Crippen LogP contribution in [-0.4, -0.2) is 26.3 Å². The van der Waals surface area contributed by atoms with Crippen molar-refractivity contribution in [1.82, 2.24) is 5.32 Å². The molecule has 1 N–H and O–H groups in total. The molecule has 1 unspecified atom stereocenters. The summed E-state index contributed by atoms with van der Waals surface area (Å²) in [6.45, 7) is 9.97. The number of ether oxygens (including phenoxy) is 1. The van der Waals surface area contributed by atoms with Crippen LogP contribution in [0.3, 0.4) is 0 Å². The van der Waals surface area contributed by atoms with Crippen molar-refractivity contribution >= 4 is 0 Å². The van der Waals surface area contributed by atoms with Crippen LogP contribution in [0.2, 0.25) is 0 Å². The SMILES string of the molecule is CCCNCC(CCOCC(C)C)c1ccc(F)cc1. The Bertz CT molecular complexity index is 351. The van der Waals surface area contributed by atoms with Crippen molar-refractivity contribution in [3.05, 3.63) is 35.6 Å². The number of rotatable bonds is 10. The molecule has 0 amide bonds. The molecule has 2 nitrogen and oxygen atoms in total. The molecule has 0 saturated carbocycles. The summed E-state index contributed by atoms with van der Waals surface area (Å²) < 4.78 is 18.7. The Labute approximate surface area is 122 Å². The van der Waals surface area contributed by atoms with E-state index in [1.165, 1.54) is 17.7 Å². The second-order valence-electron chi connectivity index (χ2n) is 5.71. The fraction of sp³-hybridized carbons (Fsp3) is 0.647. The van der Waals surface area contributed by atoms with Gasteiger partial charge in [0, 0.05) is 19.8 Å². The van der Waals surface area contributed by atoms with Crippen LogP contribution in [0.15, 0.2) is 24.3 Å². The summed E-state index contributed by atoms with van der Waals surface area (Å²) in [5.74, 6) is 0.775. The summed E-state index contributed by atoms with van der Waals surface area (Å²) in [7, 11) is 0. The molecule has 0 aliphatic heterocycles. The Hall–Kier alpha value is -0.930. The lowest BCUT2D eigenvalue weighted by Crippen LogP contribution is -2.23. The number of benzene rings is 1. The first-order valence-corrected chi connectivity index (χ1v) is 7.67. The summed E-state index contributed by atoms with van der Waals surface area (Å²) in [6, 6.07) is 6.85. The van der Waals surface area contributed by atoms with Crippen LogP contribution in [0.25, 0.3) is 0 Å². The van der Waals surface area contributed by atoms with E-state index in [-0.39, 0.29) is 5.82 Å². The van der Waals surface area contributed by atoms with E-state index in [9.17, 15) is 4.39 Å². The molecule has 0 heterocycles. The van der Waals surface area contributed by atoms with E-state index >= 15 is 0 Å². The van der Waals surface area contributed by atoms with Gasteiger partial charge in [0.05, 0.1) is 0 Å². The molecule has 3 heteroatoms. The quantitative estimate of drug-likeness (QED) is 0.655.